The highest BCUT2D eigenvalue weighted by Gasteiger charge is 2.17. The molecule has 3 rings (SSSR count). The molecule has 5 heteroatoms. The van der Waals surface area contributed by atoms with Gasteiger partial charge in [0.25, 0.3) is 0 Å². The quantitative estimate of drug-likeness (QED) is 0.398. The molecule has 1 aromatic heterocycles. The second-order valence-electron chi connectivity index (χ2n) is 6.62. The lowest BCUT2D eigenvalue weighted by Gasteiger charge is -2.15. The van der Waals surface area contributed by atoms with Gasteiger partial charge in [-0.3, -0.25) is 4.79 Å². The molecule has 0 saturated carbocycles. The average molecular weight is 396 g/mol. The van der Waals surface area contributed by atoms with Crippen LogP contribution in [-0.2, 0) is 4.79 Å². The predicted molar refractivity (Wildman–Crippen MR) is 117 cm³/mol. The van der Waals surface area contributed by atoms with Gasteiger partial charge in [0.05, 0.1) is 18.6 Å². The van der Waals surface area contributed by atoms with Crippen LogP contribution in [-0.4, -0.2) is 18.8 Å². The molecular weight excluding hydrogens is 370 g/mol. The minimum absolute atomic E-state index is 0.164. The van der Waals surface area contributed by atoms with Crippen LogP contribution >= 0.6 is 11.8 Å². The molecule has 0 saturated heterocycles. The maximum Gasteiger partial charge on any atom is 0.248 e. The molecule has 0 atom stereocenters. The van der Waals surface area contributed by atoms with Crippen molar-refractivity contribution in [2.24, 2.45) is 0 Å². The van der Waals surface area contributed by atoms with E-state index < -0.39 is 0 Å². The summed E-state index contributed by atoms with van der Waals surface area (Å²) in [6.07, 6.45) is 5.36. The molecule has 0 fully saturated rings. The molecule has 4 nitrogen and oxygen atoms in total. The largest absolute Gasteiger partial charge is 0.493 e. The molecule has 0 aliphatic rings. The van der Waals surface area contributed by atoms with Gasteiger partial charge in [-0.25, -0.2) is 0 Å². The first kappa shape index (κ1) is 20.1. The van der Waals surface area contributed by atoms with Gasteiger partial charge in [0, 0.05) is 27.5 Å². The smallest absolute Gasteiger partial charge is 0.248 e. The molecule has 146 valence electrons. The van der Waals surface area contributed by atoms with Gasteiger partial charge in [-0.2, -0.15) is 0 Å². The number of fused-ring (bicyclic) bond motifs is 1. The monoisotopic (exact) mass is 395 g/mol. The van der Waals surface area contributed by atoms with E-state index in [2.05, 4.69) is 5.32 Å². The maximum atomic E-state index is 12.6. The predicted octanol–water partition coefficient (Wildman–Crippen LogP) is 6.21. The molecule has 2 aromatic carbocycles. The van der Waals surface area contributed by atoms with Crippen molar-refractivity contribution in [3.05, 3.63) is 59.4 Å². The molecule has 1 heterocycles. The Hall–Kier alpha value is -2.66. The van der Waals surface area contributed by atoms with Crippen LogP contribution in [0.3, 0.4) is 0 Å². The summed E-state index contributed by atoms with van der Waals surface area (Å²) in [4.78, 5) is 13.7. The fourth-order valence-electron chi connectivity index (χ4n) is 3.25. The van der Waals surface area contributed by atoms with Crippen molar-refractivity contribution >= 4 is 39.9 Å². The van der Waals surface area contributed by atoms with Crippen LogP contribution in [0.5, 0.6) is 5.75 Å². The minimum atomic E-state index is -0.164. The van der Waals surface area contributed by atoms with Crippen LogP contribution in [0, 0.1) is 13.8 Å². The molecule has 0 unspecified atom stereocenters. The normalized spacial score (nSPS) is 11.7. The van der Waals surface area contributed by atoms with E-state index >= 15 is 0 Å². The van der Waals surface area contributed by atoms with E-state index in [0.717, 1.165) is 49.6 Å². The van der Waals surface area contributed by atoms with Crippen LogP contribution in [0.25, 0.3) is 16.5 Å². The van der Waals surface area contributed by atoms with Gasteiger partial charge in [-0.1, -0.05) is 12.1 Å². The topological polar surface area (TPSA) is 51.5 Å². The SMILES string of the molecule is CCOc1c(/C(C)=C/C(=O)Nc2ccccc2SC)cc2c(C)coc2c1C. The lowest BCUT2D eigenvalue weighted by atomic mass is 9.98. The number of nitrogens with one attached hydrogen (secondary N) is 1. The van der Waals surface area contributed by atoms with Crippen molar-refractivity contribution in [2.45, 2.75) is 32.6 Å². The second kappa shape index (κ2) is 8.57. The third-order valence-electron chi connectivity index (χ3n) is 4.66. The van der Waals surface area contributed by atoms with E-state index in [4.69, 9.17) is 9.15 Å². The van der Waals surface area contributed by atoms with Crippen molar-refractivity contribution in [1.82, 2.24) is 0 Å². The van der Waals surface area contributed by atoms with E-state index in [0.29, 0.717) is 6.61 Å². The molecule has 0 radical (unpaired) electrons. The summed E-state index contributed by atoms with van der Waals surface area (Å²) in [6.45, 7) is 8.42. The first-order chi connectivity index (χ1) is 13.5. The third-order valence-corrected chi connectivity index (χ3v) is 5.46. The number of amides is 1. The summed E-state index contributed by atoms with van der Waals surface area (Å²) in [5, 5.41) is 4.01. The number of allylic oxidation sites excluding steroid dienone is 1. The molecule has 1 N–H and O–H groups in total. The Labute approximate surface area is 170 Å². The van der Waals surface area contributed by atoms with E-state index in [1.54, 1.807) is 24.1 Å². The highest BCUT2D eigenvalue weighted by Crippen LogP contribution is 2.37. The molecule has 28 heavy (non-hydrogen) atoms. The van der Waals surface area contributed by atoms with Crippen LogP contribution in [0.4, 0.5) is 5.69 Å². The second-order valence-corrected chi connectivity index (χ2v) is 7.47. The van der Waals surface area contributed by atoms with Gasteiger partial charge in [0.15, 0.2) is 0 Å². The zero-order valence-electron chi connectivity index (χ0n) is 16.9. The summed E-state index contributed by atoms with van der Waals surface area (Å²) >= 11 is 1.60. The summed E-state index contributed by atoms with van der Waals surface area (Å²) in [5.74, 6) is 0.596. The number of carbonyl (C=O) groups excluding carboxylic acids is 1. The Kier molecular flexibility index (Phi) is 6.15. The number of aryl methyl sites for hydroxylation is 2. The van der Waals surface area contributed by atoms with Crippen molar-refractivity contribution < 1.29 is 13.9 Å². The zero-order chi connectivity index (χ0) is 20.3. The molecule has 1 amide bonds. The average Bonchev–Trinajstić information content (AvgIpc) is 3.05. The highest BCUT2D eigenvalue weighted by atomic mass is 32.2. The lowest BCUT2D eigenvalue weighted by Crippen LogP contribution is -2.09. The van der Waals surface area contributed by atoms with Crippen molar-refractivity contribution in [3.63, 3.8) is 0 Å². The zero-order valence-corrected chi connectivity index (χ0v) is 17.7. The summed E-state index contributed by atoms with van der Waals surface area (Å²) in [5.41, 5.74) is 5.40. The fourth-order valence-corrected chi connectivity index (χ4v) is 3.81. The number of thioether (sulfide) groups is 1. The summed E-state index contributed by atoms with van der Waals surface area (Å²) in [7, 11) is 0. The standard InChI is InChI=1S/C23H25NO3S/c1-6-26-22-16(4)23-18(15(3)13-27-23)12-17(22)14(2)11-21(25)24-19-9-7-8-10-20(19)28-5/h7-13H,6H2,1-5H3,(H,24,25)/b14-11+. The summed E-state index contributed by atoms with van der Waals surface area (Å²) in [6, 6.07) is 9.81. The van der Waals surface area contributed by atoms with Crippen LogP contribution < -0.4 is 10.1 Å². The van der Waals surface area contributed by atoms with Crippen molar-refractivity contribution in [3.8, 4) is 5.75 Å². The maximum absolute atomic E-state index is 12.6. The lowest BCUT2D eigenvalue weighted by molar-refractivity contribution is -0.111. The molecule has 0 spiro atoms. The minimum Gasteiger partial charge on any atom is -0.493 e. The van der Waals surface area contributed by atoms with Gasteiger partial charge in [0.1, 0.15) is 11.3 Å². The molecule has 0 aliphatic carbocycles. The molecule has 0 aliphatic heterocycles. The number of hydrogen-bond donors (Lipinski definition) is 1. The third kappa shape index (κ3) is 3.94. The number of ether oxygens (including phenoxy) is 1. The van der Waals surface area contributed by atoms with E-state index in [9.17, 15) is 4.79 Å². The molecule has 3 aromatic rings. The van der Waals surface area contributed by atoms with Gasteiger partial charge in [0.2, 0.25) is 5.91 Å². The van der Waals surface area contributed by atoms with Crippen molar-refractivity contribution in [2.75, 3.05) is 18.2 Å². The van der Waals surface area contributed by atoms with Crippen LogP contribution in [0.15, 0.2) is 52.0 Å². The fraction of sp³-hybridized carbons (Fsp3) is 0.261. The Morgan fingerprint density at radius 2 is 2.04 bits per heavy atom. The Balaban J connectivity index is 1.99. The number of carbonyl (C=O) groups is 1. The van der Waals surface area contributed by atoms with E-state index in [1.807, 2.05) is 64.3 Å². The van der Waals surface area contributed by atoms with Gasteiger partial charge in [-0.15, -0.1) is 11.8 Å². The van der Waals surface area contributed by atoms with Crippen molar-refractivity contribution in [1.29, 1.82) is 0 Å². The Bertz CT molecular complexity index is 1050. The van der Waals surface area contributed by atoms with Gasteiger partial charge >= 0.3 is 0 Å². The number of para-hydroxylation sites is 1. The number of anilines is 1. The molecular formula is C23H25NO3S. The highest BCUT2D eigenvalue weighted by molar-refractivity contribution is 7.98. The Morgan fingerprint density at radius 1 is 1.29 bits per heavy atom. The first-order valence-electron chi connectivity index (χ1n) is 9.23. The number of hydrogen-bond acceptors (Lipinski definition) is 4. The van der Waals surface area contributed by atoms with Gasteiger partial charge < -0.3 is 14.5 Å². The van der Waals surface area contributed by atoms with E-state index in [1.165, 1.54) is 0 Å². The van der Waals surface area contributed by atoms with Crippen LogP contribution in [0.2, 0.25) is 0 Å². The van der Waals surface area contributed by atoms with Crippen LogP contribution in [0.1, 0.15) is 30.5 Å². The summed E-state index contributed by atoms with van der Waals surface area (Å²) < 4.78 is 11.6. The van der Waals surface area contributed by atoms with E-state index in [-0.39, 0.29) is 5.91 Å². The first-order valence-corrected chi connectivity index (χ1v) is 10.5. The number of benzene rings is 2. The number of rotatable bonds is 6. The van der Waals surface area contributed by atoms with Gasteiger partial charge in [-0.05, 0) is 63.3 Å². The number of furan rings is 1. The Morgan fingerprint density at radius 3 is 2.75 bits per heavy atom. The molecule has 0 bridgehead atoms.